The Morgan fingerprint density at radius 2 is 2.24 bits per heavy atom. The number of hydrogen-bond acceptors (Lipinski definition) is 4. The molecule has 0 saturated carbocycles. The van der Waals surface area contributed by atoms with Gasteiger partial charge in [0.05, 0.1) is 6.20 Å². The third-order valence-electron chi connectivity index (χ3n) is 2.97. The summed E-state index contributed by atoms with van der Waals surface area (Å²) in [5.41, 5.74) is 1.38. The number of carbonyl (C=O) groups excluding carboxylic acids is 1. The first-order valence-electron chi connectivity index (χ1n) is 6.46. The molecule has 2 aromatic rings. The first-order chi connectivity index (χ1) is 10.1. The SMILES string of the molecule is Cn1cc(C(NC(=O)CCc2cccnc2)C(=O)O)cn1. The predicted octanol–water partition coefficient (Wildman–Crippen LogP) is 0.690. The molecule has 1 amide bonds. The van der Waals surface area contributed by atoms with Crippen LogP contribution in [0.25, 0.3) is 0 Å². The summed E-state index contributed by atoms with van der Waals surface area (Å²) in [6, 6.07) is 2.58. The molecule has 7 nitrogen and oxygen atoms in total. The van der Waals surface area contributed by atoms with E-state index in [-0.39, 0.29) is 12.3 Å². The molecule has 1 atom stereocenters. The van der Waals surface area contributed by atoms with Gasteiger partial charge in [0.15, 0.2) is 6.04 Å². The number of nitrogens with zero attached hydrogens (tertiary/aromatic N) is 3. The molecule has 2 heterocycles. The highest BCUT2D eigenvalue weighted by Gasteiger charge is 2.23. The van der Waals surface area contributed by atoms with E-state index in [9.17, 15) is 14.7 Å². The highest BCUT2D eigenvalue weighted by atomic mass is 16.4. The van der Waals surface area contributed by atoms with E-state index in [1.54, 1.807) is 31.7 Å². The average Bonchev–Trinajstić information content (AvgIpc) is 2.89. The van der Waals surface area contributed by atoms with Gasteiger partial charge in [-0.25, -0.2) is 4.79 Å². The molecule has 2 rings (SSSR count). The van der Waals surface area contributed by atoms with E-state index >= 15 is 0 Å². The van der Waals surface area contributed by atoms with Gasteiger partial charge in [0, 0.05) is 37.6 Å². The van der Waals surface area contributed by atoms with E-state index in [1.807, 2.05) is 6.07 Å². The van der Waals surface area contributed by atoms with E-state index in [1.165, 1.54) is 10.9 Å². The predicted molar refractivity (Wildman–Crippen MR) is 74.3 cm³/mol. The number of aromatic nitrogens is 3. The lowest BCUT2D eigenvalue weighted by atomic mass is 10.1. The summed E-state index contributed by atoms with van der Waals surface area (Å²) in [5, 5.41) is 15.6. The normalized spacial score (nSPS) is 11.9. The molecule has 0 aromatic carbocycles. The Labute approximate surface area is 121 Å². The van der Waals surface area contributed by atoms with Crippen LogP contribution in [0.4, 0.5) is 0 Å². The number of aliphatic carboxylic acids is 1. The standard InChI is InChI=1S/C14H16N4O3/c1-18-9-11(8-16-18)13(14(20)21)17-12(19)5-4-10-3-2-6-15-7-10/h2-3,6-9,13H,4-5H2,1H3,(H,17,19)(H,20,21). The second kappa shape index (κ2) is 6.65. The Balaban J connectivity index is 1.94. The molecule has 21 heavy (non-hydrogen) atoms. The molecule has 0 aliphatic rings. The van der Waals surface area contributed by atoms with Crippen LogP contribution in [0.2, 0.25) is 0 Å². The van der Waals surface area contributed by atoms with Crippen LogP contribution in [0.1, 0.15) is 23.6 Å². The lowest BCUT2D eigenvalue weighted by Gasteiger charge is -2.12. The van der Waals surface area contributed by atoms with Crippen molar-refractivity contribution in [3.05, 3.63) is 48.0 Å². The van der Waals surface area contributed by atoms with Crippen LogP contribution < -0.4 is 5.32 Å². The topological polar surface area (TPSA) is 97.1 Å². The number of amides is 1. The quantitative estimate of drug-likeness (QED) is 0.815. The van der Waals surface area contributed by atoms with Gasteiger partial charge in [-0.3, -0.25) is 14.5 Å². The number of carbonyl (C=O) groups is 2. The summed E-state index contributed by atoms with van der Waals surface area (Å²) in [5.74, 6) is -1.44. The van der Waals surface area contributed by atoms with Gasteiger partial charge >= 0.3 is 5.97 Å². The fourth-order valence-electron chi connectivity index (χ4n) is 1.91. The monoisotopic (exact) mass is 288 g/mol. The van der Waals surface area contributed by atoms with Gasteiger partial charge in [-0.15, -0.1) is 0 Å². The molecule has 0 aliphatic carbocycles. The lowest BCUT2D eigenvalue weighted by Crippen LogP contribution is -2.33. The van der Waals surface area contributed by atoms with E-state index in [2.05, 4.69) is 15.4 Å². The minimum Gasteiger partial charge on any atom is -0.479 e. The summed E-state index contributed by atoms with van der Waals surface area (Å²) in [7, 11) is 1.69. The Bertz CT molecular complexity index is 624. The number of nitrogens with one attached hydrogen (secondary N) is 1. The molecule has 0 aliphatic heterocycles. The van der Waals surface area contributed by atoms with E-state index < -0.39 is 12.0 Å². The van der Waals surface area contributed by atoms with Crippen molar-refractivity contribution in [1.29, 1.82) is 0 Å². The molecular formula is C14H16N4O3. The number of pyridine rings is 1. The second-order valence-electron chi connectivity index (χ2n) is 4.65. The Morgan fingerprint density at radius 3 is 2.81 bits per heavy atom. The summed E-state index contributed by atoms with van der Waals surface area (Å²) < 4.78 is 1.49. The van der Waals surface area contributed by atoms with Crippen LogP contribution in [-0.4, -0.2) is 31.7 Å². The second-order valence-corrected chi connectivity index (χ2v) is 4.65. The average molecular weight is 288 g/mol. The van der Waals surface area contributed by atoms with Gasteiger partial charge in [-0.05, 0) is 18.1 Å². The molecule has 2 N–H and O–H groups in total. The van der Waals surface area contributed by atoms with Crippen molar-refractivity contribution >= 4 is 11.9 Å². The molecular weight excluding hydrogens is 272 g/mol. The van der Waals surface area contributed by atoms with Crippen LogP contribution in [0.5, 0.6) is 0 Å². The molecule has 7 heteroatoms. The first kappa shape index (κ1) is 14.7. The number of rotatable bonds is 6. The maximum Gasteiger partial charge on any atom is 0.331 e. The zero-order chi connectivity index (χ0) is 15.2. The van der Waals surface area contributed by atoms with Gasteiger partial charge in [0.1, 0.15) is 0 Å². The zero-order valence-electron chi connectivity index (χ0n) is 11.6. The highest BCUT2D eigenvalue weighted by Crippen LogP contribution is 2.12. The lowest BCUT2D eigenvalue weighted by molar-refractivity contribution is -0.142. The van der Waals surface area contributed by atoms with Gasteiger partial charge < -0.3 is 10.4 Å². The van der Waals surface area contributed by atoms with Gasteiger partial charge in [0.2, 0.25) is 5.91 Å². The molecule has 0 spiro atoms. The zero-order valence-corrected chi connectivity index (χ0v) is 11.6. The third kappa shape index (κ3) is 4.13. The van der Waals surface area contributed by atoms with Crippen LogP contribution in [-0.2, 0) is 23.1 Å². The highest BCUT2D eigenvalue weighted by molar-refractivity contribution is 5.84. The van der Waals surface area contributed by atoms with Gasteiger partial charge in [-0.1, -0.05) is 6.07 Å². The van der Waals surface area contributed by atoms with Crippen molar-refractivity contribution in [2.45, 2.75) is 18.9 Å². The van der Waals surface area contributed by atoms with Crippen molar-refractivity contribution in [1.82, 2.24) is 20.1 Å². The molecule has 0 bridgehead atoms. The Kier molecular flexibility index (Phi) is 4.65. The number of aryl methyl sites for hydroxylation is 2. The van der Waals surface area contributed by atoms with Crippen molar-refractivity contribution < 1.29 is 14.7 Å². The Hall–Kier alpha value is -2.70. The van der Waals surface area contributed by atoms with Crippen LogP contribution in [0.15, 0.2) is 36.9 Å². The number of carboxylic acids is 1. The van der Waals surface area contributed by atoms with Crippen LogP contribution in [0, 0.1) is 0 Å². The fraction of sp³-hybridized carbons (Fsp3) is 0.286. The van der Waals surface area contributed by atoms with Gasteiger partial charge in [0.25, 0.3) is 0 Å². The minimum absolute atomic E-state index is 0.204. The maximum atomic E-state index is 11.9. The Morgan fingerprint density at radius 1 is 1.43 bits per heavy atom. The molecule has 0 saturated heterocycles. The summed E-state index contributed by atoms with van der Waals surface area (Å²) >= 11 is 0. The molecule has 0 radical (unpaired) electrons. The number of carboxylic acid groups (broad SMARTS) is 1. The van der Waals surface area contributed by atoms with Crippen molar-refractivity contribution in [2.24, 2.45) is 7.05 Å². The van der Waals surface area contributed by atoms with E-state index in [0.29, 0.717) is 12.0 Å². The largest absolute Gasteiger partial charge is 0.479 e. The smallest absolute Gasteiger partial charge is 0.331 e. The molecule has 1 unspecified atom stereocenters. The van der Waals surface area contributed by atoms with Crippen molar-refractivity contribution in [3.63, 3.8) is 0 Å². The minimum atomic E-state index is -1.11. The first-order valence-corrected chi connectivity index (χ1v) is 6.46. The molecule has 110 valence electrons. The van der Waals surface area contributed by atoms with Crippen molar-refractivity contribution in [2.75, 3.05) is 0 Å². The summed E-state index contributed by atoms with van der Waals surface area (Å²) in [6.07, 6.45) is 7.06. The van der Waals surface area contributed by atoms with Crippen LogP contribution >= 0.6 is 0 Å². The van der Waals surface area contributed by atoms with Gasteiger partial charge in [-0.2, -0.15) is 5.10 Å². The maximum absolute atomic E-state index is 11.9. The summed E-state index contributed by atoms with van der Waals surface area (Å²) in [4.78, 5) is 27.1. The van der Waals surface area contributed by atoms with E-state index in [0.717, 1.165) is 5.56 Å². The summed E-state index contributed by atoms with van der Waals surface area (Å²) in [6.45, 7) is 0. The molecule has 0 fully saturated rings. The number of hydrogen-bond donors (Lipinski definition) is 2. The fourth-order valence-corrected chi connectivity index (χ4v) is 1.91. The van der Waals surface area contributed by atoms with Crippen molar-refractivity contribution in [3.8, 4) is 0 Å². The molecule has 2 aromatic heterocycles. The van der Waals surface area contributed by atoms with Crippen LogP contribution in [0.3, 0.4) is 0 Å². The van der Waals surface area contributed by atoms with E-state index in [4.69, 9.17) is 0 Å². The third-order valence-corrected chi connectivity index (χ3v) is 2.97.